The second kappa shape index (κ2) is 7.51. The van der Waals surface area contributed by atoms with Crippen molar-refractivity contribution in [2.45, 2.75) is 25.1 Å². The number of benzene rings is 1. The predicted molar refractivity (Wildman–Crippen MR) is 91.3 cm³/mol. The van der Waals surface area contributed by atoms with Gasteiger partial charge in [-0.25, -0.2) is 8.42 Å². The van der Waals surface area contributed by atoms with Crippen LogP contribution in [-0.2, 0) is 16.3 Å². The molecular weight excluding hydrogens is 304 g/mol. The van der Waals surface area contributed by atoms with Crippen molar-refractivity contribution in [3.63, 3.8) is 0 Å². The van der Waals surface area contributed by atoms with E-state index in [-0.39, 0.29) is 11.1 Å². The van der Waals surface area contributed by atoms with Crippen LogP contribution in [-0.4, -0.2) is 49.0 Å². The van der Waals surface area contributed by atoms with Gasteiger partial charge in [-0.05, 0) is 31.0 Å². The van der Waals surface area contributed by atoms with Crippen LogP contribution in [0, 0.1) is 0 Å². The van der Waals surface area contributed by atoms with Gasteiger partial charge < -0.3 is 5.73 Å². The van der Waals surface area contributed by atoms with Crippen LogP contribution in [0.2, 0.25) is 0 Å². The second-order valence-corrected chi connectivity index (χ2v) is 8.92. The molecule has 1 aromatic carbocycles. The van der Waals surface area contributed by atoms with E-state index in [0.29, 0.717) is 5.75 Å². The largest absolute Gasteiger partial charge is 0.399 e. The normalized spacial score (nSPS) is 20.5. The lowest BCUT2D eigenvalue weighted by molar-refractivity contribution is 0.267. The average Bonchev–Trinajstić information content (AvgIpc) is 2.49. The van der Waals surface area contributed by atoms with Gasteiger partial charge >= 0.3 is 0 Å². The van der Waals surface area contributed by atoms with Crippen LogP contribution in [0.15, 0.2) is 24.3 Å². The third kappa shape index (κ3) is 4.37. The summed E-state index contributed by atoms with van der Waals surface area (Å²) in [6, 6.07) is 7.89. The molecule has 0 bridgehead atoms. The van der Waals surface area contributed by atoms with Crippen molar-refractivity contribution in [2.75, 3.05) is 36.1 Å². The van der Waals surface area contributed by atoms with Crippen LogP contribution in [0.3, 0.4) is 0 Å². The van der Waals surface area contributed by atoms with E-state index in [1.807, 2.05) is 24.3 Å². The summed E-state index contributed by atoms with van der Waals surface area (Å²) >= 11 is 1.74. The van der Waals surface area contributed by atoms with E-state index in [1.54, 1.807) is 18.7 Å². The zero-order valence-corrected chi connectivity index (χ0v) is 14.1. The standard InChI is InChI=1S/C15H24N2O2S2/c1-2-21(18,19)15-12-20-11-10-17(15)9-5-7-13-6-3-4-8-14(13)16/h3-4,6,8,15H,2,5,7,9-12,16H2,1H3. The highest BCUT2D eigenvalue weighted by Gasteiger charge is 2.32. The van der Waals surface area contributed by atoms with E-state index in [0.717, 1.165) is 42.9 Å². The number of nitrogens with zero attached hydrogens (tertiary/aromatic N) is 1. The molecular formula is C15H24N2O2S2. The van der Waals surface area contributed by atoms with Gasteiger partial charge in [-0.3, -0.25) is 4.90 Å². The zero-order chi connectivity index (χ0) is 15.3. The quantitative estimate of drug-likeness (QED) is 0.809. The van der Waals surface area contributed by atoms with Crippen molar-refractivity contribution in [3.8, 4) is 0 Å². The van der Waals surface area contributed by atoms with Gasteiger partial charge in [0.1, 0.15) is 5.37 Å². The molecule has 1 atom stereocenters. The van der Waals surface area contributed by atoms with Gasteiger partial charge in [-0.2, -0.15) is 11.8 Å². The monoisotopic (exact) mass is 328 g/mol. The Hall–Kier alpha value is -0.720. The smallest absolute Gasteiger partial charge is 0.166 e. The Bertz CT molecular complexity index is 561. The molecule has 1 aliphatic rings. The number of anilines is 1. The first-order valence-corrected chi connectivity index (χ1v) is 10.3. The van der Waals surface area contributed by atoms with E-state index in [9.17, 15) is 8.42 Å². The molecule has 0 spiro atoms. The van der Waals surface area contributed by atoms with Crippen LogP contribution in [0.1, 0.15) is 18.9 Å². The van der Waals surface area contributed by atoms with Gasteiger partial charge in [-0.1, -0.05) is 25.1 Å². The molecule has 4 nitrogen and oxygen atoms in total. The van der Waals surface area contributed by atoms with E-state index in [2.05, 4.69) is 4.90 Å². The number of para-hydroxylation sites is 1. The molecule has 2 N–H and O–H groups in total. The molecule has 1 aliphatic heterocycles. The maximum atomic E-state index is 12.2. The molecule has 0 radical (unpaired) electrons. The van der Waals surface area contributed by atoms with E-state index in [1.165, 1.54) is 0 Å². The van der Waals surface area contributed by atoms with Gasteiger partial charge in [0.15, 0.2) is 9.84 Å². The van der Waals surface area contributed by atoms with Gasteiger partial charge in [0.05, 0.1) is 0 Å². The number of rotatable bonds is 6. The first kappa shape index (κ1) is 16.6. The summed E-state index contributed by atoms with van der Waals surface area (Å²) < 4.78 is 24.4. The minimum Gasteiger partial charge on any atom is -0.399 e. The minimum atomic E-state index is -2.99. The van der Waals surface area contributed by atoms with E-state index in [4.69, 9.17) is 5.73 Å². The number of hydrogen-bond donors (Lipinski definition) is 1. The van der Waals surface area contributed by atoms with Crippen molar-refractivity contribution >= 4 is 27.3 Å². The fourth-order valence-corrected chi connectivity index (χ4v) is 5.74. The molecule has 0 aromatic heterocycles. The number of aryl methyl sites for hydroxylation is 1. The van der Waals surface area contributed by atoms with Crippen molar-refractivity contribution in [3.05, 3.63) is 29.8 Å². The summed E-state index contributed by atoms with van der Waals surface area (Å²) in [7, 11) is -2.99. The molecule has 1 aromatic rings. The lowest BCUT2D eigenvalue weighted by Gasteiger charge is -2.34. The maximum Gasteiger partial charge on any atom is 0.166 e. The summed E-state index contributed by atoms with van der Waals surface area (Å²) in [5.74, 6) is 1.94. The van der Waals surface area contributed by atoms with Crippen LogP contribution in [0.25, 0.3) is 0 Å². The highest BCUT2D eigenvalue weighted by atomic mass is 32.2. The number of nitrogens with two attached hydrogens (primary N) is 1. The zero-order valence-electron chi connectivity index (χ0n) is 12.5. The first-order valence-electron chi connectivity index (χ1n) is 7.41. The third-order valence-electron chi connectivity index (χ3n) is 3.95. The van der Waals surface area contributed by atoms with Gasteiger partial charge in [0.2, 0.25) is 0 Å². The molecule has 0 amide bonds. The highest BCUT2D eigenvalue weighted by molar-refractivity contribution is 8.01. The SMILES string of the molecule is CCS(=O)(=O)C1CSCCN1CCCc1ccccc1N. The predicted octanol–water partition coefficient (Wildman–Crippen LogP) is 2.01. The van der Waals surface area contributed by atoms with Gasteiger partial charge in [0.25, 0.3) is 0 Å². The molecule has 1 heterocycles. The van der Waals surface area contributed by atoms with Gasteiger partial charge in [0, 0.05) is 29.5 Å². The summed E-state index contributed by atoms with van der Waals surface area (Å²) in [4.78, 5) is 2.13. The summed E-state index contributed by atoms with van der Waals surface area (Å²) in [5.41, 5.74) is 7.92. The topological polar surface area (TPSA) is 63.4 Å². The van der Waals surface area contributed by atoms with Crippen molar-refractivity contribution in [1.82, 2.24) is 4.90 Å². The summed E-state index contributed by atoms with van der Waals surface area (Å²) in [6.45, 7) is 3.41. The Morgan fingerprint density at radius 3 is 2.86 bits per heavy atom. The first-order chi connectivity index (χ1) is 10.0. The minimum absolute atomic E-state index is 0.223. The Balaban J connectivity index is 1.93. The Labute approximate surface area is 132 Å². The molecule has 0 aliphatic carbocycles. The molecule has 1 saturated heterocycles. The molecule has 0 saturated carbocycles. The molecule has 1 unspecified atom stereocenters. The fraction of sp³-hybridized carbons (Fsp3) is 0.600. The Morgan fingerprint density at radius 2 is 2.14 bits per heavy atom. The Morgan fingerprint density at radius 1 is 1.38 bits per heavy atom. The van der Waals surface area contributed by atoms with Crippen molar-refractivity contribution in [2.24, 2.45) is 0 Å². The third-order valence-corrected chi connectivity index (χ3v) is 7.29. The van der Waals surface area contributed by atoms with Crippen LogP contribution >= 0.6 is 11.8 Å². The molecule has 21 heavy (non-hydrogen) atoms. The fourth-order valence-electron chi connectivity index (χ4n) is 2.63. The van der Waals surface area contributed by atoms with Crippen LogP contribution in [0.4, 0.5) is 5.69 Å². The van der Waals surface area contributed by atoms with E-state index < -0.39 is 9.84 Å². The van der Waals surface area contributed by atoms with Crippen LogP contribution < -0.4 is 5.73 Å². The molecule has 118 valence electrons. The number of nitrogen functional groups attached to an aromatic ring is 1. The lowest BCUT2D eigenvalue weighted by Crippen LogP contribution is -2.48. The second-order valence-electron chi connectivity index (χ2n) is 5.32. The molecule has 6 heteroatoms. The Kier molecular flexibility index (Phi) is 5.96. The van der Waals surface area contributed by atoms with Crippen molar-refractivity contribution in [1.29, 1.82) is 0 Å². The summed E-state index contributed by atoms with van der Waals surface area (Å²) in [5, 5.41) is -0.311. The maximum absolute atomic E-state index is 12.2. The highest BCUT2D eigenvalue weighted by Crippen LogP contribution is 2.22. The number of sulfone groups is 1. The number of hydrogen-bond acceptors (Lipinski definition) is 5. The summed E-state index contributed by atoms with van der Waals surface area (Å²) in [6.07, 6.45) is 1.84. The van der Waals surface area contributed by atoms with Crippen LogP contribution in [0.5, 0.6) is 0 Å². The average molecular weight is 329 g/mol. The molecule has 1 fully saturated rings. The van der Waals surface area contributed by atoms with Gasteiger partial charge in [-0.15, -0.1) is 0 Å². The molecule has 2 rings (SSSR count). The number of thioether (sulfide) groups is 1. The lowest BCUT2D eigenvalue weighted by atomic mass is 10.1. The van der Waals surface area contributed by atoms with E-state index >= 15 is 0 Å². The van der Waals surface area contributed by atoms with Crippen molar-refractivity contribution < 1.29 is 8.42 Å².